The molecule has 1 aromatic rings. The van der Waals surface area contributed by atoms with Gasteiger partial charge in [0, 0.05) is 16.9 Å². The van der Waals surface area contributed by atoms with Crippen LogP contribution in [0.1, 0.15) is 49.4 Å². The summed E-state index contributed by atoms with van der Waals surface area (Å²) >= 11 is 0. The van der Waals surface area contributed by atoms with E-state index in [0.29, 0.717) is 17.0 Å². The molecule has 1 rings (SSSR count). The van der Waals surface area contributed by atoms with Crippen LogP contribution in [0.25, 0.3) is 0 Å². The van der Waals surface area contributed by atoms with Gasteiger partial charge in [0.25, 0.3) is 5.91 Å². The summed E-state index contributed by atoms with van der Waals surface area (Å²) in [5, 5.41) is 4.63. The lowest BCUT2D eigenvalue weighted by Crippen LogP contribution is -2.49. The zero-order valence-corrected chi connectivity index (χ0v) is 16.6. The molecule has 0 radical (unpaired) electrons. The molecule has 9 nitrogen and oxygen atoms in total. The third-order valence-electron chi connectivity index (χ3n) is 3.46. The zero-order valence-electron chi connectivity index (χ0n) is 16.6. The van der Waals surface area contributed by atoms with Gasteiger partial charge in [-0.15, -0.1) is 0 Å². The lowest BCUT2D eigenvalue weighted by Gasteiger charge is -2.20. The molecule has 1 aromatic heterocycles. The molecular weight excluding hydrogens is 354 g/mol. The predicted octanol–water partition coefficient (Wildman–Crippen LogP) is 1.45. The van der Waals surface area contributed by atoms with Crippen LogP contribution in [0.3, 0.4) is 0 Å². The van der Waals surface area contributed by atoms with Gasteiger partial charge in [-0.2, -0.15) is 0 Å². The highest BCUT2D eigenvalue weighted by Gasteiger charge is 2.20. The van der Waals surface area contributed by atoms with E-state index in [1.165, 1.54) is 0 Å². The monoisotopic (exact) mass is 381 g/mol. The SMILES string of the molecule is CCOC(=O)c1cc(C)n(CC(=O)OCC(=O)NC(=O)NC(C)(C)C)c1C. The minimum atomic E-state index is -0.738. The fourth-order valence-electron chi connectivity index (χ4n) is 2.32. The fourth-order valence-corrected chi connectivity index (χ4v) is 2.32. The van der Waals surface area contributed by atoms with Gasteiger partial charge in [0.2, 0.25) is 0 Å². The number of aromatic nitrogens is 1. The number of carbonyl (C=O) groups is 4. The number of amides is 3. The number of urea groups is 1. The molecule has 0 saturated carbocycles. The van der Waals surface area contributed by atoms with Crippen molar-refractivity contribution in [2.24, 2.45) is 0 Å². The summed E-state index contributed by atoms with van der Waals surface area (Å²) in [4.78, 5) is 47.2. The third kappa shape index (κ3) is 7.12. The van der Waals surface area contributed by atoms with Gasteiger partial charge in [-0.1, -0.05) is 0 Å². The minimum absolute atomic E-state index is 0.168. The van der Waals surface area contributed by atoms with Gasteiger partial charge >= 0.3 is 18.0 Å². The molecule has 3 amide bonds. The highest BCUT2D eigenvalue weighted by atomic mass is 16.5. The van der Waals surface area contributed by atoms with Crippen molar-refractivity contribution in [2.75, 3.05) is 13.2 Å². The van der Waals surface area contributed by atoms with Gasteiger partial charge in [0.15, 0.2) is 6.61 Å². The van der Waals surface area contributed by atoms with Crippen LogP contribution in [0.4, 0.5) is 4.79 Å². The lowest BCUT2D eigenvalue weighted by atomic mass is 10.1. The molecule has 0 aromatic carbocycles. The van der Waals surface area contributed by atoms with Crippen LogP contribution in [0.15, 0.2) is 6.07 Å². The summed E-state index contributed by atoms with van der Waals surface area (Å²) in [6, 6.07) is 0.962. The lowest BCUT2D eigenvalue weighted by molar-refractivity contribution is -0.148. The Balaban J connectivity index is 2.59. The van der Waals surface area contributed by atoms with Gasteiger partial charge < -0.3 is 19.4 Å². The van der Waals surface area contributed by atoms with Crippen molar-refractivity contribution in [2.45, 2.75) is 53.6 Å². The van der Waals surface area contributed by atoms with Crippen LogP contribution in [0, 0.1) is 13.8 Å². The van der Waals surface area contributed by atoms with Crippen LogP contribution in [0.2, 0.25) is 0 Å². The molecule has 0 aliphatic rings. The van der Waals surface area contributed by atoms with E-state index in [1.807, 2.05) is 0 Å². The number of aryl methyl sites for hydroxylation is 1. The molecule has 0 aliphatic heterocycles. The van der Waals surface area contributed by atoms with Gasteiger partial charge in [0.1, 0.15) is 6.54 Å². The molecule has 0 saturated heterocycles. The van der Waals surface area contributed by atoms with Crippen molar-refractivity contribution < 1.29 is 28.7 Å². The van der Waals surface area contributed by atoms with E-state index in [-0.39, 0.29) is 13.2 Å². The molecule has 0 bridgehead atoms. The Morgan fingerprint density at radius 3 is 2.30 bits per heavy atom. The van der Waals surface area contributed by atoms with Crippen LogP contribution in [0.5, 0.6) is 0 Å². The number of carbonyl (C=O) groups excluding carboxylic acids is 4. The minimum Gasteiger partial charge on any atom is -0.462 e. The van der Waals surface area contributed by atoms with E-state index < -0.39 is 36.0 Å². The number of imide groups is 1. The van der Waals surface area contributed by atoms with Crippen molar-refractivity contribution in [1.82, 2.24) is 15.2 Å². The second kappa shape index (κ2) is 9.20. The summed E-state index contributed by atoms with van der Waals surface area (Å²) in [6.07, 6.45) is 0. The Kier molecular flexibility index (Phi) is 7.56. The molecular formula is C18H27N3O6. The van der Waals surface area contributed by atoms with E-state index in [9.17, 15) is 19.2 Å². The Morgan fingerprint density at radius 1 is 1.11 bits per heavy atom. The van der Waals surface area contributed by atoms with Crippen molar-refractivity contribution >= 4 is 23.9 Å². The summed E-state index contributed by atoms with van der Waals surface area (Å²) in [5.41, 5.74) is 1.12. The van der Waals surface area contributed by atoms with Crippen LogP contribution in [-0.4, -0.2) is 47.2 Å². The van der Waals surface area contributed by atoms with Gasteiger partial charge in [0.05, 0.1) is 12.2 Å². The number of ether oxygens (including phenoxy) is 2. The molecule has 1 heterocycles. The highest BCUT2D eigenvalue weighted by Crippen LogP contribution is 2.16. The summed E-state index contributed by atoms with van der Waals surface area (Å²) in [5.74, 6) is -1.87. The average molecular weight is 381 g/mol. The largest absolute Gasteiger partial charge is 0.462 e. The van der Waals surface area contributed by atoms with E-state index in [1.54, 1.807) is 52.2 Å². The molecule has 0 unspecified atom stereocenters. The first-order chi connectivity index (χ1) is 12.4. The maximum absolute atomic E-state index is 12.0. The Morgan fingerprint density at radius 2 is 1.74 bits per heavy atom. The summed E-state index contributed by atoms with van der Waals surface area (Å²) in [7, 11) is 0. The quantitative estimate of drug-likeness (QED) is 0.721. The first kappa shape index (κ1) is 22.2. The van der Waals surface area contributed by atoms with E-state index in [0.717, 1.165) is 0 Å². The first-order valence-corrected chi connectivity index (χ1v) is 8.56. The second-order valence-electron chi connectivity index (χ2n) is 7.00. The highest BCUT2D eigenvalue weighted by molar-refractivity contribution is 5.95. The number of nitrogens with zero attached hydrogens (tertiary/aromatic N) is 1. The Hall–Kier alpha value is -2.84. The molecule has 150 valence electrons. The van der Waals surface area contributed by atoms with Gasteiger partial charge in [-0.05, 0) is 47.6 Å². The number of hydrogen-bond acceptors (Lipinski definition) is 6. The summed E-state index contributed by atoms with van der Waals surface area (Å²) in [6.45, 7) is 9.95. The standard InChI is InChI=1S/C18H27N3O6/c1-7-26-16(24)13-8-11(2)21(12(13)3)9-15(23)27-10-14(22)19-17(25)20-18(4,5)6/h8H,7,9-10H2,1-6H3,(H2,19,20,22,25). The fraction of sp³-hybridized carbons (Fsp3) is 0.556. The van der Waals surface area contributed by atoms with E-state index >= 15 is 0 Å². The molecule has 0 fully saturated rings. The molecule has 0 spiro atoms. The molecule has 0 atom stereocenters. The van der Waals surface area contributed by atoms with Crippen LogP contribution >= 0.6 is 0 Å². The van der Waals surface area contributed by atoms with Crippen molar-refractivity contribution in [3.05, 3.63) is 23.0 Å². The Bertz CT molecular complexity index is 730. The van der Waals surface area contributed by atoms with E-state index in [2.05, 4.69) is 10.6 Å². The zero-order chi connectivity index (χ0) is 20.8. The molecule has 27 heavy (non-hydrogen) atoms. The Labute approximate surface area is 158 Å². The number of hydrogen-bond donors (Lipinski definition) is 2. The van der Waals surface area contributed by atoms with Crippen molar-refractivity contribution in [3.8, 4) is 0 Å². The predicted molar refractivity (Wildman–Crippen MR) is 97.2 cm³/mol. The topological polar surface area (TPSA) is 116 Å². The van der Waals surface area contributed by atoms with Crippen molar-refractivity contribution in [1.29, 1.82) is 0 Å². The van der Waals surface area contributed by atoms with Gasteiger partial charge in [-0.3, -0.25) is 14.9 Å². The maximum atomic E-state index is 12.0. The van der Waals surface area contributed by atoms with Crippen LogP contribution in [-0.2, 0) is 25.6 Å². The molecule has 2 N–H and O–H groups in total. The second-order valence-corrected chi connectivity index (χ2v) is 7.00. The number of rotatable bonds is 6. The average Bonchev–Trinajstić information content (AvgIpc) is 2.79. The molecule has 9 heteroatoms. The normalized spacial score (nSPS) is 10.9. The summed E-state index contributed by atoms with van der Waals surface area (Å²) < 4.78 is 11.5. The van der Waals surface area contributed by atoms with Crippen LogP contribution < -0.4 is 10.6 Å². The molecule has 0 aliphatic carbocycles. The smallest absolute Gasteiger partial charge is 0.339 e. The maximum Gasteiger partial charge on any atom is 0.339 e. The number of nitrogens with one attached hydrogen (secondary N) is 2. The van der Waals surface area contributed by atoms with E-state index in [4.69, 9.17) is 9.47 Å². The first-order valence-electron chi connectivity index (χ1n) is 8.56. The van der Waals surface area contributed by atoms with Gasteiger partial charge in [-0.25, -0.2) is 9.59 Å². The number of esters is 2. The third-order valence-corrected chi connectivity index (χ3v) is 3.46. The van der Waals surface area contributed by atoms with Crippen molar-refractivity contribution in [3.63, 3.8) is 0 Å².